The van der Waals surface area contributed by atoms with Gasteiger partial charge in [0.25, 0.3) is 0 Å². The minimum absolute atomic E-state index is 0.0553. The summed E-state index contributed by atoms with van der Waals surface area (Å²) in [5.74, 6) is -0.169. The van der Waals surface area contributed by atoms with Crippen LogP contribution >= 0.6 is 0 Å². The Bertz CT molecular complexity index is 979. The second kappa shape index (κ2) is 7.84. The van der Waals surface area contributed by atoms with Gasteiger partial charge < -0.3 is 9.15 Å². The Morgan fingerprint density at radius 2 is 1.96 bits per heavy atom. The maximum absolute atomic E-state index is 12.4. The lowest BCUT2D eigenvalue weighted by atomic mass is 10.1. The third kappa shape index (κ3) is 3.92. The predicted molar refractivity (Wildman–Crippen MR) is 96.2 cm³/mol. The SMILES string of the molecule is Cc1ccc2oc(=O)c(CCC(=O)NO)c(OCc3ccccc3)c2c1. The molecular formula is C20H19NO5. The normalized spacial score (nSPS) is 10.7. The Hall–Kier alpha value is -3.12. The lowest BCUT2D eigenvalue weighted by molar-refractivity contribution is -0.129. The summed E-state index contributed by atoms with van der Waals surface area (Å²) < 4.78 is 11.4. The van der Waals surface area contributed by atoms with Crippen molar-refractivity contribution in [3.63, 3.8) is 0 Å². The number of fused-ring (bicyclic) bond motifs is 1. The highest BCUT2D eigenvalue weighted by Gasteiger charge is 2.17. The van der Waals surface area contributed by atoms with Gasteiger partial charge in [-0.05, 0) is 31.0 Å². The molecular weight excluding hydrogens is 334 g/mol. The molecule has 0 spiro atoms. The first kappa shape index (κ1) is 17.7. The largest absolute Gasteiger partial charge is 0.488 e. The van der Waals surface area contributed by atoms with E-state index >= 15 is 0 Å². The molecule has 0 aliphatic carbocycles. The van der Waals surface area contributed by atoms with Crippen LogP contribution in [0.3, 0.4) is 0 Å². The molecule has 0 saturated heterocycles. The number of benzene rings is 2. The molecule has 2 N–H and O–H groups in total. The van der Waals surface area contributed by atoms with Crippen LogP contribution in [0.4, 0.5) is 0 Å². The molecule has 6 nitrogen and oxygen atoms in total. The first-order chi connectivity index (χ1) is 12.6. The fourth-order valence-electron chi connectivity index (χ4n) is 2.73. The van der Waals surface area contributed by atoms with Crippen LogP contribution < -0.4 is 15.8 Å². The number of amides is 1. The van der Waals surface area contributed by atoms with E-state index in [-0.39, 0.29) is 25.0 Å². The molecule has 3 rings (SSSR count). The molecule has 1 amide bonds. The highest BCUT2D eigenvalue weighted by molar-refractivity contribution is 5.85. The van der Waals surface area contributed by atoms with Gasteiger partial charge in [0.05, 0.1) is 10.9 Å². The van der Waals surface area contributed by atoms with Crippen molar-refractivity contribution in [2.24, 2.45) is 0 Å². The third-order valence-electron chi connectivity index (χ3n) is 4.06. The van der Waals surface area contributed by atoms with Gasteiger partial charge in [-0.3, -0.25) is 10.0 Å². The number of rotatable bonds is 6. The zero-order valence-electron chi connectivity index (χ0n) is 14.3. The molecule has 26 heavy (non-hydrogen) atoms. The fourth-order valence-corrected chi connectivity index (χ4v) is 2.73. The van der Waals surface area contributed by atoms with Crippen LogP contribution in [-0.4, -0.2) is 11.1 Å². The van der Waals surface area contributed by atoms with Crippen molar-refractivity contribution in [1.82, 2.24) is 5.48 Å². The molecule has 0 aliphatic heterocycles. The van der Waals surface area contributed by atoms with Crippen LogP contribution in [-0.2, 0) is 17.8 Å². The third-order valence-corrected chi connectivity index (χ3v) is 4.06. The van der Waals surface area contributed by atoms with Gasteiger partial charge in [-0.25, -0.2) is 10.3 Å². The zero-order valence-corrected chi connectivity index (χ0v) is 14.3. The predicted octanol–water partition coefficient (Wildman–Crippen LogP) is 3.12. The molecule has 1 aromatic heterocycles. The highest BCUT2D eigenvalue weighted by Crippen LogP contribution is 2.30. The molecule has 0 atom stereocenters. The molecule has 0 radical (unpaired) electrons. The van der Waals surface area contributed by atoms with Crippen LogP contribution in [0.1, 0.15) is 23.1 Å². The maximum Gasteiger partial charge on any atom is 0.343 e. The van der Waals surface area contributed by atoms with E-state index in [4.69, 9.17) is 14.4 Å². The van der Waals surface area contributed by atoms with Gasteiger partial charge in [-0.2, -0.15) is 0 Å². The average molecular weight is 353 g/mol. The molecule has 0 saturated carbocycles. The van der Waals surface area contributed by atoms with Crippen LogP contribution in [0.2, 0.25) is 0 Å². The van der Waals surface area contributed by atoms with Crippen LogP contribution in [0.25, 0.3) is 11.0 Å². The van der Waals surface area contributed by atoms with Gasteiger partial charge in [0.2, 0.25) is 5.91 Å². The van der Waals surface area contributed by atoms with Crippen molar-refractivity contribution in [2.75, 3.05) is 0 Å². The second-order valence-electron chi connectivity index (χ2n) is 6.01. The van der Waals surface area contributed by atoms with Crippen LogP contribution in [0.15, 0.2) is 57.7 Å². The molecule has 134 valence electrons. The van der Waals surface area contributed by atoms with Crippen molar-refractivity contribution < 1.29 is 19.2 Å². The summed E-state index contributed by atoms with van der Waals surface area (Å²) >= 11 is 0. The smallest absolute Gasteiger partial charge is 0.343 e. The van der Waals surface area contributed by atoms with Crippen LogP contribution in [0, 0.1) is 6.92 Å². The number of carbonyl (C=O) groups excluding carboxylic acids is 1. The molecule has 6 heteroatoms. The topological polar surface area (TPSA) is 88.8 Å². The first-order valence-corrected chi connectivity index (χ1v) is 8.24. The standard InChI is InChI=1S/C20H19NO5/c1-13-7-9-17-16(11-13)19(25-12-14-5-3-2-4-6-14)15(20(23)26-17)8-10-18(22)21-24/h2-7,9,11,24H,8,10,12H2,1H3,(H,21,22). The number of hydrogen-bond acceptors (Lipinski definition) is 5. The average Bonchev–Trinajstić information content (AvgIpc) is 2.66. The van der Waals surface area contributed by atoms with Crippen molar-refractivity contribution in [1.29, 1.82) is 0 Å². The summed E-state index contributed by atoms with van der Waals surface area (Å²) in [5.41, 5.74) is 3.68. The molecule has 2 aromatic carbocycles. The van der Waals surface area contributed by atoms with Gasteiger partial charge in [-0.15, -0.1) is 0 Å². The van der Waals surface area contributed by atoms with E-state index in [1.54, 1.807) is 11.5 Å². The molecule has 3 aromatic rings. The molecule has 0 unspecified atom stereocenters. The van der Waals surface area contributed by atoms with Crippen molar-refractivity contribution >= 4 is 16.9 Å². The molecule has 0 aliphatic rings. The lowest BCUT2D eigenvalue weighted by Gasteiger charge is -2.13. The summed E-state index contributed by atoms with van der Waals surface area (Å²) in [6, 6.07) is 15.1. The van der Waals surface area contributed by atoms with E-state index in [1.807, 2.05) is 49.4 Å². The van der Waals surface area contributed by atoms with E-state index in [2.05, 4.69) is 0 Å². The van der Waals surface area contributed by atoms with E-state index in [1.165, 1.54) is 0 Å². The lowest BCUT2D eigenvalue weighted by Crippen LogP contribution is -2.21. The van der Waals surface area contributed by atoms with Gasteiger partial charge in [0.15, 0.2) is 0 Å². The zero-order chi connectivity index (χ0) is 18.5. The monoisotopic (exact) mass is 353 g/mol. The van der Waals surface area contributed by atoms with Gasteiger partial charge >= 0.3 is 5.63 Å². The number of carbonyl (C=O) groups is 1. The number of ether oxygens (including phenoxy) is 1. The Morgan fingerprint density at radius 3 is 2.69 bits per heavy atom. The Kier molecular flexibility index (Phi) is 5.34. The number of hydroxylamine groups is 1. The highest BCUT2D eigenvalue weighted by atomic mass is 16.5. The fraction of sp³-hybridized carbons (Fsp3) is 0.200. The van der Waals surface area contributed by atoms with Crippen molar-refractivity contribution in [2.45, 2.75) is 26.4 Å². The van der Waals surface area contributed by atoms with E-state index in [9.17, 15) is 9.59 Å². The summed E-state index contributed by atoms with van der Waals surface area (Å²) in [6.45, 7) is 2.22. The summed E-state index contributed by atoms with van der Waals surface area (Å²) in [5, 5.41) is 9.36. The van der Waals surface area contributed by atoms with Gasteiger partial charge in [0.1, 0.15) is 17.9 Å². The Balaban J connectivity index is 2.03. The van der Waals surface area contributed by atoms with Crippen LogP contribution in [0.5, 0.6) is 5.75 Å². The van der Waals surface area contributed by atoms with E-state index < -0.39 is 11.5 Å². The molecule has 1 heterocycles. The summed E-state index contributed by atoms with van der Waals surface area (Å²) in [6.07, 6.45) is 0.0447. The Morgan fingerprint density at radius 1 is 1.19 bits per heavy atom. The van der Waals surface area contributed by atoms with Gasteiger partial charge in [-0.1, -0.05) is 42.0 Å². The molecule has 0 fully saturated rings. The summed E-state index contributed by atoms with van der Waals surface area (Å²) in [7, 11) is 0. The van der Waals surface area contributed by atoms with Gasteiger partial charge in [0, 0.05) is 6.42 Å². The van der Waals surface area contributed by atoms with E-state index in [0.29, 0.717) is 16.7 Å². The minimum Gasteiger partial charge on any atom is -0.488 e. The first-order valence-electron chi connectivity index (χ1n) is 8.24. The molecule has 0 bridgehead atoms. The minimum atomic E-state index is -0.581. The van der Waals surface area contributed by atoms with Crippen molar-refractivity contribution in [3.8, 4) is 5.75 Å². The maximum atomic E-state index is 12.4. The quantitative estimate of drug-likeness (QED) is 0.404. The Labute approximate surface area is 150 Å². The number of nitrogens with one attached hydrogen (secondary N) is 1. The van der Waals surface area contributed by atoms with E-state index in [0.717, 1.165) is 11.1 Å². The second-order valence-corrected chi connectivity index (χ2v) is 6.01. The number of hydrogen-bond donors (Lipinski definition) is 2. The number of aryl methyl sites for hydroxylation is 1. The van der Waals surface area contributed by atoms with Crippen molar-refractivity contribution in [3.05, 3.63) is 75.6 Å². The summed E-state index contributed by atoms with van der Waals surface area (Å²) in [4.78, 5) is 23.8.